The smallest absolute Gasteiger partial charge is 0.431 e. The van der Waals surface area contributed by atoms with E-state index in [4.69, 9.17) is 56.8 Å². The molecule has 0 N–H and O–H groups in total. The number of rotatable bonds is 42. The van der Waals surface area contributed by atoms with E-state index < -0.39 is 29.4 Å². The number of ether oxygens (including phenoxy) is 12. The van der Waals surface area contributed by atoms with Crippen LogP contribution < -0.4 is 4.74 Å². The lowest BCUT2D eigenvalue weighted by molar-refractivity contribution is -0.384. The highest BCUT2D eigenvalue weighted by molar-refractivity contribution is 5.64. The zero-order valence-electron chi connectivity index (χ0n) is 39.9. The molecule has 0 radical (unpaired) electrons. The highest BCUT2D eigenvalue weighted by Crippen LogP contribution is 2.18. The molecule has 5 unspecified atom stereocenters. The van der Waals surface area contributed by atoms with E-state index in [9.17, 15) is 14.9 Å². The molecule has 0 bridgehead atoms. The van der Waals surface area contributed by atoms with Crippen molar-refractivity contribution in [1.82, 2.24) is 0 Å². The Morgan fingerprint density at radius 3 is 1.28 bits per heavy atom. The van der Waals surface area contributed by atoms with E-state index in [2.05, 4.69) is 20.4 Å². The summed E-state index contributed by atoms with van der Waals surface area (Å²) in [7, 11) is 0. The fraction of sp³-hybridized carbons (Fsp3) is 0.588. The molecule has 0 aromatic heterocycles. The van der Waals surface area contributed by atoms with Crippen molar-refractivity contribution in [3.8, 4) is 5.75 Å². The molecule has 3 rings (SSSR count). The van der Waals surface area contributed by atoms with Crippen molar-refractivity contribution in [2.45, 2.75) is 103 Å². The topological polar surface area (TPSA) is 171 Å². The third-order valence-corrected chi connectivity index (χ3v) is 9.82. The van der Waals surface area contributed by atoms with Gasteiger partial charge in [0.25, 0.3) is 5.69 Å². The van der Waals surface area contributed by atoms with Crippen molar-refractivity contribution in [2.24, 2.45) is 0 Å². The van der Waals surface area contributed by atoms with Crippen molar-refractivity contribution < 1.29 is 66.6 Å². The van der Waals surface area contributed by atoms with Gasteiger partial charge in [-0.1, -0.05) is 107 Å². The first kappa shape index (κ1) is 57.0. The molecule has 0 aliphatic carbocycles. The van der Waals surface area contributed by atoms with Gasteiger partial charge in [0.05, 0.1) is 84.2 Å². The Kier molecular flexibility index (Phi) is 32.0. The molecule has 5 atom stereocenters. The van der Waals surface area contributed by atoms with Crippen LogP contribution in [0.25, 0.3) is 0 Å². The number of hydrogen-bond donors (Lipinski definition) is 0. The lowest BCUT2D eigenvalue weighted by atomic mass is 10.2. The molecule has 0 saturated carbocycles. The van der Waals surface area contributed by atoms with Crippen molar-refractivity contribution in [1.29, 1.82) is 0 Å². The largest absolute Gasteiger partial charge is 0.513 e. The average Bonchev–Trinajstić information content (AvgIpc) is 3.34. The molecule has 0 spiro atoms. The second kappa shape index (κ2) is 37.6. The highest BCUT2D eigenvalue weighted by atomic mass is 16.7. The fourth-order valence-corrected chi connectivity index (χ4v) is 6.01. The van der Waals surface area contributed by atoms with Crippen LogP contribution in [-0.4, -0.2) is 134 Å². The van der Waals surface area contributed by atoms with Crippen LogP contribution in [0, 0.1) is 10.1 Å². The van der Waals surface area contributed by atoms with Gasteiger partial charge in [-0.3, -0.25) is 10.1 Å². The lowest BCUT2D eigenvalue weighted by Crippen LogP contribution is -2.34. The van der Waals surface area contributed by atoms with Crippen LogP contribution in [0.15, 0.2) is 97.6 Å². The summed E-state index contributed by atoms with van der Waals surface area (Å²) in [5.41, 5.74) is 1.89. The number of carbonyl (C=O) groups excluding carboxylic acids is 1. The molecule has 0 amide bonds. The Bertz CT molecular complexity index is 1670. The van der Waals surface area contributed by atoms with Crippen LogP contribution >= 0.6 is 0 Å². The van der Waals surface area contributed by atoms with Gasteiger partial charge in [0.2, 0.25) is 0 Å². The predicted octanol–water partition coefficient (Wildman–Crippen LogP) is 9.11. The maximum Gasteiger partial charge on any atom is 0.513 e. The number of benzene rings is 3. The quantitative estimate of drug-likeness (QED) is 0.0131. The van der Waals surface area contributed by atoms with Gasteiger partial charge in [-0.25, -0.2) is 4.79 Å². The number of non-ortho nitro benzene ring substituents is 1. The van der Waals surface area contributed by atoms with Crippen LogP contribution in [0.1, 0.15) is 70.4 Å². The molecular formula is C51H75NO15. The number of nitro groups is 1. The predicted molar refractivity (Wildman–Crippen MR) is 253 cm³/mol. The van der Waals surface area contributed by atoms with E-state index in [0.29, 0.717) is 66.1 Å². The molecule has 3 aromatic rings. The summed E-state index contributed by atoms with van der Waals surface area (Å²) in [6.45, 7) is 15.0. The van der Waals surface area contributed by atoms with E-state index in [1.54, 1.807) is 6.08 Å². The molecule has 67 heavy (non-hydrogen) atoms. The number of hydrogen-bond acceptors (Lipinski definition) is 15. The van der Waals surface area contributed by atoms with Crippen molar-refractivity contribution in [3.05, 3.63) is 119 Å². The monoisotopic (exact) mass is 942 g/mol. The lowest BCUT2D eigenvalue weighted by Gasteiger charge is -2.24. The van der Waals surface area contributed by atoms with Crippen LogP contribution in [-0.2, 0) is 65.3 Å². The standard InChI is InChI=1S/C51H75NO15/c1-5-9-27-61-46(32-56-26-8-4)33-57-34-47(62-28-10-6-2)35-58-36-48(64-30-42-18-14-12-15-19-42)37-59-38-49(65-31-43-20-16-13-17-21-43)39-60-40-50(63-29-11-7-3)41-66-51(53)67-45-24-22-44(23-25-45)52(54)55/h8,12-25,46-50H,4-7,9-11,26-41H2,1-3H3. The van der Waals surface area contributed by atoms with Crippen LogP contribution in [0.4, 0.5) is 10.5 Å². The van der Waals surface area contributed by atoms with Gasteiger partial charge in [0.1, 0.15) is 42.9 Å². The van der Waals surface area contributed by atoms with Crippen molar-refractivity contribution >= 4 is 11.8 Å². The molecule has 0 heterocycles. The molecule has 374 valence electrons. The highest BCUT2D eigenvalue weighted by Gasteiger charge is 2.20. The molecule has 3 aromatic carbocycles. The summed E-state index contributed by atoms with van der Waals surface area (Å²) in [6.07, 6.45) is 4.37. The van der Waals surface area contributed by atoms with Gasteiger partial charge >= 0.3 is 6.16 Å². The summed E-state index contributed by atoms with van der Waals surface area (Å²) in [4.78, 5) is 22.9. The Labute approximate surface area is 397 Å². The Morgan fingerprint density at radius 2 is 0.910 bits per heavy atom. The Morgan fingerprint density at radius 1 is 0.537 bits per heavy atom. The van der Waals surface area contributed by atoms with Gasteiger partial charge in [0, 0.05) is 32.0 Å². The Hall–Kier alpha value is -4.33. The maximum atomic E-state index is 12.5. The number of carbonyl (C=O) groups is 1. The minimum atomic E-state index is -0.973. The first-order chi connectivity index (χ1) is 32.8. The van der Waals surface area contributed by atoms with E-state index in [-0.39, 0.29) is 63.3 Å². The molecule has 0 saturated heterocycles. The van der Waals surface area contributed by atoms with Crippen LogP contribution in [0.2, 0.25) is 0 Å². The minimum absolute atomic E-state index is 0.0945. The van der Waals surface area contributed by atoms with Crippen molar-refractivity contribution in [3.63, 3.8) is 0 Å². The first-order valence-electron chi connectivity index (χ1n) is 23.6. The molecule has 0 fully saturated rings. The average molecular weight is 942 g/mol. The SMILES string of the molecule is C=CCOCC(COCC(COCC(COCC(COCC(COC(=O)Oc1ccc([N+](=O)[O-])cc1)OCCCC)OCc1ccccc1)OCc1ccccc1)OCCCC)OCCCC. The molecule has 16 nitrogen and oxygen atoms in total. The first-order valence-corrected chi connectivity index (χ1v) is 23.6. The zero-order chi connectivity index (χ0) is 48.0. The molecular weight excluding hydrogens is 867 g/mol. The molecule has 16 heteroatoms. The summed E-state index contributed by atoms with van der Waals surface area (Å²) in [5, 5.41) is 11.0. The van der Waals surface area contributed by atoms with Gasteiger partial charge in [-0.2, -0.15) is 0 Å². The summed E-state index contributed by atoms with van der Waals surface area (Å²) in [5.74, 6) is 0.109. The Balaban J connectivity index is 1.60. The minimum Gasteiger partial charge on any atom is -0.431 e. The van der Waals surface area contributed by atoms with Gasteiger partial charge in [0.15, 0.2) is 0 Å². The summed E-state index contributed by atoms with van der Waals surface area (Å²) < 4.78 is 71.9. The molecule has 0 aliphatic rings. The van der Waals surface area contributed by atoms with Gasteiger partial charge < -0.3 is 56.8 Å². The third kappa shape index (κ3) is 27.9. The van der Waals surface area contributed by atoms with Crippen molar-refractivity contribution in [2.75, 3.05) is 92.5 Å². The number of nitro benzene ring substituents is 1. The molecule has 0 aliphatic heterocycles. The van der Waals surface area contributed by atoms with E-state index in [1.807, 2.05) is 67.6 Å². The van der Waals surface area contributed by atoms with Crippen LogP contribution in [0.3, 0.4) is 0 Å². The van der Waals surface area contributed by atoms with E-state index in [1.165, 1.54) is 24.3 Å². The van der Waals surface area contributed by atoms with Gasteiger partial charge in [-0.05, 0) is 42.5 Å². The third-order valence-electron chi connectivity index (χ3n) is 9.82. The summed E-state index contributed by atoms with van der Waals surface area (Å²) in [6, 6.07) is 24.9. The number of unbranched alkanes of at least 4 members (excludes halogenated alkanes) is 3. The maximum absolute atomic E-state index is 12.5. The zero-order valence-corrected chi connectivity index (χ0v) is 39.9. The second-order valence-corrected chi connectivity index (χ2v) is 15.8. The van der Waals surface area contributed by atoms with Gasteiger partial charge in [-0.15, -0.1) is 6.58 Å². The van der Waals surface area contributed by atoms with E-state index in [0.717, 1.165) is 49.7 Å². The fourth-order valence-electron chi connectivity index (χ4n) is 6.01. The number of nitrogens with zero attached hydrogens (tertiary/aromatic N) is 1. The summed E-state index contributed by atoms with van der Waals surface area (Å²) >= 11 is 0. The van der Waals surface area contributed by atoms with Crippen LogP contribution in [0.5, 0.6) is 5.75 Å². The normalized spacial score (nSPS) is 13.7. The van der Waals surface area contributed by atoms with E-state index >= 15 is 0 Å². The second-order valence-electron chi connectivity index (χ2n) is 15.8.